The van der Waals surface area contributed by atoms with Crippen LogP contribution in [-0.4, -0.2) is 42.0 Å². The second kappa shape index (κ2) is 8.90. The Bertz CT molecular complexity index is 1180. The molecule has 0 unspecified atom stereocenters. The molecule has 0 bridgehead atoms. The molecule has 0 aliphatic heterocycles. The minimum atomic E-state index is -0.298. The summed E-state index contributed by atoms with van der Waals surface area (Å²) in [7, 11) is 0. The highest BCUT2D eigenvalue weighted by Crippen LogP contribution is 2.31. The van der Waals surface area contributed by atoms with Crippen molar-refractivity contribution in [3.63, 3.8) is 0 Å². The third kappa shape index (κ3) is 4.06. The molecule has 0 spiro atoms. The summed E-state index contributed by atoms with van der Waals surface area (Å²) in [4.78, 5) is 22.4. The van der Waals surface area contributed by atoms with E-state index in [1.54, 1.807) is 11.0 Å². The first-order chi connectivity index (χ1) is 14.6. The van der Waals surface area contributed by atoms with Crippen LogP contribution in [0.25, 0.3) is 21.0 Å². The first kappa shape index (κ1) is 20.4. The van der Waals surface area contributed by atoms with Crippen molar-refractivity contribution in [3.8, 4) is 0 Å². The largest absolute Gasteiger partial charge is 0.302 e. The molecule has 0 aliphatic rings. The van der Waals surface area contributed by atoms with Crippen LogP contribution in [0.2, 0.25) is 0 Å². The molecule has 0 N–H and O–H groups in total. The van der Waals surface area contributed by atoms with E-state index in [0.29, 0.717) is 22.8 Å². The molecule has 4 aromatic rings. The zero-order valence-electron chi connectivity index (χ0n) is 17.1. The predicted molar refractivity (Wildman–Crippen MR) is 123 cm³/mol. The monoisotopic (exact) mass is 421 g/mol. The van der Waals surface area contributed by atoms with Crippen LogP contribution in [-0.2, 0) is 0 Å². The summed E-state index contributed by atoms with van der Waals surface area (Å²) in [6.07, 6.45) is 0. The van der Waals surface area contributed by atoms with Gasteiger partial charge in [0.2, 0.25) is 0 Å². The molecule has 1 heterocycles. The van der Waals surface area contributed by atoms with Crippen molar-refractivity contribution in [3.05, 3.63) is 72.0 Å². The fourth-order valence-corrected chi connectivity index (χ4v) is 4.64. The van der Waals surface area contributed by atoms with E-state index in [1.807, 2.05) is 42.5 Å². The Hall–Kier alpha value is -2.83. The first-order valence-electron chi connectivity index (χ1n) is 10.2. The van der Waals surface area contributed by atoms with Gasteiger partial charge in [-0.25, -0.2) is 9.37 Å². The van der Waals surface area contributed by atoms with Crippen molar-refractivity contribution in [2.75, 3.05) is 31.1 Å². The van der Waals surface area contributed by atoms with Gasteiger partial charge in [-0.05, 0) is 48.1 Å². The molecule has 0 aliphatic carbocycles. The third-order valence-electron chi connectivity index (χ3n) is 5.37. The normalized spacial score (nSPS) is 11.5. The van der Waals surface area contributed by atoms with E-state index < -0.39 is 0 Å². The maximum atomic E-state index is 13.7. The van der Waals surface area contributed by atoms with Crippen molar-refractivity contribution in [2.45, 2.75) is 13.8 Å². The molecular formula is C24H24FN3OS. The lowest BCUT2D eigenvalue weighted by atomic mass is 10.0. The smallest absolute Gasteiger partial charge is 0.260 e. The summed E-state index contributed by atoms with van der Waals surface area (Å²) in [5.41, 5.74) is 1.35. The van der Waals surface area contributed by atoms with Crippen LogP contribution in [0.4, 0.5) is 9.52 Å². The van der Waals surface area contributed by atoms with Crippen LogP contribution in [0, 0.1) is 5.82 Å². The Balaban J connectivity index is 1.76. The number of amides is 1. The van der Waals surface area contributed by atoms with E-state index in [2.05, 4.69) is 23.7 Å². The van der Waals surface area contributed by atoms with Crippen molar-refractivity contribution < 1.29 is 9.18 Å². The van der Waals surface area contributed by atoms with Gasteiger partial charge in [-0.2, -0.15) is 0 Å². The molecule has 4 nitrogen and oxygen atoms in total. The minimum Gasteiger partial charge on any atom is -0.302 e. The van der Waals surface area contributed by atoms with Crippen LogP contribution in [0.5, 0.6) is 0 Å². The van der Waals surface area contributed by atoms with E-state index in [-0.39, 0.29) is 11.7 Å². The summed E-state index contributed by atoms with van der Waals surface area (Å²) in [5.74, 6) is -0.383. The Morgan fingerprint density at radius 2 is 1.77 bits per heavy atom. The second-order valence-electron chi connectivity index (χ2n) is 7.12. The Kier molecular flexibility index (Phi) is 6.06. The Labute approximate surface area is 179 Å². The molecule has 0 saturated carbocycles. The molecule has 0 fully saturated rings. The number of hydrogen-bond acceptors (Lipinski definition) is 4. The van der Waals surface area contributed by atoms with E-state index in [9.17, 15) is 9.18 Å². The number of hydrogen-bond donors (Lipinski definition) is 0. The van der Waals surface area contributed by atoms with Gasteiger partial charge in [0, 0.05) is 18.7 Å². The summed E-state index contributed by atoms with van der Waals surface area (Å²) in [5, 5.41) is 2.55. The number of anilines is 1. The number of nitrogens with zero attached hydrogens (tertiary/aromatic N) is 3. The Morgan fingerprint density at radius 3 is 2.57 bits per heavy atom. The minimum absolute atomic E-state index is 0.0847. The predicted octanol–water partition coefficient (Wildman–Crippen LogP) is 5.58. The van der Waals surface area contributed by atoms with Gasteiger partial charge in [-0.15, -0.1) is 0 Å². The zero-order valence-corrected chi connectivity index (χ0v) is 18.0. The number of halogens is 1. The number of aromatic nitrogens is 1. The number of carbonyl (C=O) groups is 1. The first-order valence-corrected chi connectivity index (χ1v) is 11.0. The summed E-state index contributed by atoms with van der Waals surface area (Å²) in [6, 6.07) is 18.2. The number of thiazole rings is 1. The number of rotatable bonds is 7. The molecule has 6 heteroatoms. The fourth-order valence-electron chi connectivity index (χ4n) is 3.62. The quantitative estimate of drug-likeness (QED) is 0.391. The molecule has 1 amide bonds. The molecule has 30 heavy (non-hydrogen) atoms. The molecule has 0 saturated heterocycles. The van der Waals surface area contributed by atoms with Gasteiger partial charge < -0.3 is 4.90 Å². The lowest BCUT2D eigenvalue weighted by Crippen LogP contribution is -2.39. The third-order valence-corrected chi connectivity index (χ3v) is 6.41. The molecule has 154 valence electrons. The van der Waals surface area contributed by atoms with Gasteiger partial charge in [-0.3, -0.25) is 9.69 Å². The van der Waals surface area contributed by atoms with Gasteiger partial charge in [-0.1, -0.05) is 61.6 Å². The van der Waals surface area contributed by atoms with Crippen LogP contribution in [0.15, 0.2) is 60.7 Å². The summed E-state index contributed by atoms with van der Waals surface area (Å²) < 4.78 is 14.4. The highest BCUT2D eigenvalue weighted by atomic mass is 32.1. The average Bonchev–Trinajstić information content (AvgIpc) is 3.18. The van der Waals surface area contributed by atoms with Crippen molar-refractivity contribution in [1.82, 2.24) is 9.88 Å². The highest BCUT2D eigenvalue weighted by Gasteiger charge is 2.23. The van der Waals surface area contributed by atoms with Crippen LogP contribution in [0.3, 0.4) is 0 Å². The topological polar surface area (TPSA) is 36.4 Å². The van der Waals surface area contributed by atoms with E-state index in [1.165, 1.54) is 23.5 Å². The van der Waals surface area contributed by atoms with Crippen LogP contribution >= 0.6 is 11.3 Å². The number of likely N-dealkylation sites (N-methyl/N-ethyl adjacent to an activating group) is 1. The van der Waals surface area contributed by atoms with Crippen LogP contribution < -0.4 is 4.90 Å². The molecule has 0 radical (unpaired) electrons. The van der Waals surface area contributed by atoms with E-state index in [0.717, 1.165) is 35.1 Å². The van der Waals surface area contributed by atoms with Crippen molar-refractivity contribution in [1.29, 1.82) is 0 Å². The van der Waals surface area contributed by atoms with Gasteiger partial charge >= 0.3 is 0 Å². The fraction of sp³-hybridized carbons (Fsp3) is 0.250. The van der Waals surface area contributed by atoms with Crippen LogP contribution in [0.1, 0.15) is 24.2 Å². The Morgan fingerprint density at radius 1 is 1.00 bits per heavy atom. The standard InChI is InChI=1S/C24H24FN3OS/c1-3-27(4-2)14-15-28(24-26-21-13-12-18(25)16-22(21)30-24)23(29)20-11-7-9-17-8-5-6-10-19(17)20/h5-13,16H,3-4,14-15H2,1-2H3. The highest BCUT2D eigenvalue weighted by molar-refractivity contribution is 7.22. The molecule has 3 aromatic carbocycles. The van der Waals surface area contributed by atoms with Crippen molar-refractivity contribution in [2.24, 2.45) is 0 Å². The lowest BCUT2D eigenvalue weighted by Gasteiger charge is -2.25. The van der Waals surface area contributed by atoms with Crippen molar-refractivity contribution >= 4 is 43.4 Å². The maximum Gasteiger partial charge on any atom is 0.260 e. The SMILES string of the molecule is CCN(CC)CCN(C(=O)c1cccc2ccccc12)c1nc2ccc(F)cc2s1. The number of benzene rings is 3. The van der Waals surface area contributed by atoms with Gasteiger partial charge in [0.15, 0.2) is 5.13 Å². The van der Waals surface area contributed by atoms with E-state index >= 15 is 0 Å². The molecule has 0 atom stereocenters. The molecule has 4 rings (SSSR count). The average molecular weight is 422 g/mol. The van der Waals surface area contributed by atoms with Gasteiger partial charge in [0.25, 0.3) is 5.91 Å². The second-order valence-corrected chi connectivity index (χ2v) is 8.13. The summed E-state index contributed by atoms with van der Waals surface area (Å²) >= 11 is 1.35. The lowest BCUT2D eigenvalue weighted by molar-refractivity contribution is 0.0985. The number of carbonyl (C=O) groups excluding carboxylic acids is 1. The maximum absolute atomic E-state index is 13.7. The molecule has 1 aromatic heterocycles. The zero-order chi connectivity index (χ0) is 21.1. The van der Waals surface area contributed by atoms with E-state index in [4.69, 9.17) is 0 Å². The van der Waals surface area contributed by atoms with Gasteiger partial charge in [0.05, 0.1) is 10.2 Å². The summed E-state index contributed by atoms with van der Waals surface area (Å²) in [6.45, 7) is 7.32. The van der Waals surface area contributed by atoms with Gasteiger partial charge in [0.1, 0.15) is 5.82 Å². The molecular weight excluding hydrogens is 397 g/mol. The number of fused-ring (bicyclic) bond motifs is 2.